The molecule has 126 valence electrons. The van der Waals surface area contributed by atoms with Crippen LogP contribution in [0.4, 0.5) is 14.5 Å². The van der Waals surface area contributed by atoms with Crippen molar-refractivity contribution in [1.82, 2.24) is 4.90 Å². The van der Waals surface area contributed by atoms with Crippen molar-refractivity contribution in [1.29, 1.82) is 5.26 Å². The highest BCUT2D eigenvalue weighted by Crippen LogP contribution is 2.22. The van der Waals surface area contributed by atoms with E-state index in [4.69, 9.17) is 5.26 Å². The summed E-state index contributed by atoms with van der Waals surface area (Å²) in [6, 6.07) is 11.4. The molecule has 2 aromatic rings. The molecule has 0 bridgehead atoms. The van der Waals surface area contributed by atoms with Gasteiger partial charge in [0.1, 0.15) is 24.2 Å². The molecule has 0 spiro atoms. The Labute approximate surface area is 142 Å². The summed E-state index contributed by atoms with van der Waals surface area (Å²) < 4.78 is 26.7. The van der Waals surface area contributed by atoms with E-state index in [0.29, 0.717) is 17.3 Å². The second-order valence-electron chi connectivity index (χ2n) is 5.53. The van der Waals surface area contributed by atoms with E-state index in [-0.39, 0.29) is 31.1 Å². The summed E-state index contributed by atoms with van der Waals surface area (Å²) >= 11 is 0. The van der Waals surface area contributed by atoms with E-state index < -0.39 is 17.5 Å². The van der Waals surface area contributed by atoms with Crippen molar-refractivity contribution in [3.63, 3.8) is 0 Å². The molecule has 0 aliphatic carbocycles. The monoisotopic (exact) mass is 341 g/mol. The number of hydrogen-bond donors (Lipinski definition) is 0. The van der Waals surface area contributed by atoms with Gasteiger partial charge in [-0.2, -0.15) is 5.26 Å². The van der Waals surface area contributed by atoms with Crippen LogP contribution >= 0.6 is 0 Å². The Hall–Kier alpha value is -3.27. The standard InChI is InChI=1S/C18H13F2N3O2/c19-13-5-6-14(15(20)9-13)18(25)22-7-8-23(17(24)11-22)16-4-2-1-3-12(16)10-21/h1-6,9H,7-8,11H2. The minimum Gasteiger partial charge on any atom is -0.327 e. The van der Waals surface area contributed by atoms with Crippen molar-refractivity contribution in [3.8, 4) is 6.07 Å². The summed E-state index contributed by atoms with van der Waals surface area (Å²) in [5.41, 5.74) is 0.565. The SMILES string of the molecule is N#Cc1ccccc1N1CCN(C(=O)c2ccc(F)cc2F)CC1=O. The Kier molecular flexibility index (Phi) is 4.44. The van der Waals surface area contributed by atoms with Gasteiger partial charge in [0.25, 0.3) is 5.91 Å². The van der Waals surface area contributed by atoms with E-state index in [0.717, 1.165) is 12.1 Å². The molecule has 1 saturated heterocycles. The lowest BCUT2D eigenvalue weighted by atomic mass is 10.1. The van der Waals surface area contributed by atoms with Crippen molar-refractivity contribution in [3.05, 3.63) is 65.2 Å². The van der Waals surface area contributed by atoms with E-state index in [1.54, 1.807) is 24.3 Å². The number of carbonyl (C=O) groups is 2. The predicted molar refractivity (Wildman–Crippen MR) is 85.8 cm³/mol. The van der Waals surface area contributed by atoms with Gasteiger partial charge in [0.2, 0.25) is 5.91 Å². The lowest BCUT2D eigenvalue weighted by Crippen LogP contribution is -2.52. The maximum Gasteiger partial charge on any atom is 0.257 e. The van der Waals surface area contributed by atoms with Gasteiger partial charge in [-0.1, -0.05) is 12.1 Å². The van der Waals surface area contributed by atoms with Gasteiger partial charge in [0.15, 0.2) is 0 Å². The molecule has 1 aliphatic heterocycles. The van der Waals surface area contributed by atoms with Gasteiger partial charge >= 0.3 is 0 Å². The van der Waals surface area contributed by atoms with Crippen molar-refractivity contribution in [2.45, 2.75) is 0 Å². The molecule has 2 amide bonds. The second kappa shape index (κ2) is 6.69. The number of hydrogen-bond acceptors (Lipinski definition) is 3. The van der Waals surface area contributed by atoms with Crippen LogP contribution in [0.1, 0.15) is 15.9 Å². The number of anilines is 1. The van der Waals surface area contributed by atoms with Crippen LogP contribution < -0.4 is 4.90 Å². The first-order chi connectivity index (χ1) is 12.0. The van der Waals surface area contributed by atoms with Crippen molar-refractivity contribution >= 4 is 17.5 Å². The zero-order valence-electron chi connectivity index (χ0n) is 13.1. The van der Waals surface area contributed by atoms with E-state index in [2.05, 4.69) is 0 Å². The number of nitriles is 1. The van der Waals surface area contributed by atoms with Crippen LogP contribution in [0, 0.1) is 23.0 Å². The van der Waals surface area contributed by atoms with Crippen molar-refractivity contribution in [2.24, 2.45) is 0 Å². The van der Waals surface area contributed by atoms with E-state index in [1.165, 1.54) is 9.80 Å². The molecule has 0 radical (unpaired) electrons. The minimum absolute atomic E-state index is 0.182. The molecule has 7 heteroatoms. The first-order valence-electron chi connectivity index (χ1n) is 7.55. The maximum absolute atomic E-state index is 13.8. The number of carbonyl (C=O) groups excluding carboxylic acids is 2. The van der Waals surface area contributed by atoms with Crippen molar-refractivity contribution < 1.29 is 18.4 Å². The smallest absolute Gasteiger partial charge is 0.257 e. The van der Waals surface area contributed by atoms with Gasteiger partial charge in [0.05, 0.1) is 16.8 Å². The number of benzene rings is 2. The lowest BCUT2D eigenvalue weighted by molar-refractivity contribution is -0.120. The molecule has 3 rings (SSSR count). The number of halogens is 2. The normalized spacial score (nSPS) is 14.4. The molecule has 0 saturated carbocycles. The molecular weight excluding hydrogens is 328 g/mol. The first kappa shape index (κ1) is 16.6. The van der Waals surface area contributed by atoms with Gasteiger partial charge in [-0.3, -0.25) is 9.59 Å². The highest BCUT2D eigenvalue weighted by atomic mass is 19.1. The van der Waals surface area contributed by atoms with Crippen LogP contribution in [0.2, 0.25) is 0 Å². The molecule has 25 heavy (non-hydrogen) atoms. The van der Waals surface area contributed by atoms with E-state index >= 15 is 0 Å². The van der Waals surface area contributed by atoms with Gasteiger partial charge in [-0.05, 0) is 24.3 Å². The number of nitrogens with zero attached hydrogens (tertiary/aromatic N) is 3. The summed E-state index contributed by atoms with van der Waals surface area (Å²) in [7, 11) is 0. The molecule has 0 aromatic heterocycles. The molecule has 1 aliphatic rings. The minimum atomic E-state index is -0.963. The Bertz CT molecular complexity index is 892. The molecule has 1 heterocycles. The summed E-state index contributed by atoms with van der Waals surface area (Å²) in [4.78, 5) is 27.4. The van der Waals surface area contributed by atoms with Crippen LogP contribution in [0.3, 0.4) is 0 Å². The number of rotatable bonds is 2. The maximum atomic E-state index is 13.8. The Morgan fingerprint density at radius 1 is 1.12 bits per heavy atom. The fourth-order valence-electron chi connectivity index (χ4n) is 2.74. The van der Waals surface area contributed by atoms with E-state index in [9.17, 15) is 18.4 Å². The second-order valence-corrected chi connectivity index (χ2v) is 5.53. The first-order valence-corrected chi connectivity index (χ1v) is 7.55. The third kappa shape index (κ3) is 3.19. The van der Waals surface area contributed by atoms with Crippen LogP contribution in [0.5, 0.6) is 0 Å². The average molecular weight is 341 g/mol. The fraction of sp³-hybridized carbons (Fsp3) is 0.167. The van der Waals surface area contributed by atoms with Gasteiger partial charge in [-0.15, -0.1) is 0 Å². The molecule has 0 N–H and O–H groups in total. The summed E-state index contributed by atoms with van der Waals surface area (Å²) in [6.07, 6.45) is 0. The Morgan fingerprint density at radius 2 is 1.88 bits per heavy atom. The molecule has 1 fully saturated rings. The highest BCUT2D eigenvalue weighted by Gasteiger charge is 2.30. The number of para-hydroxylation sites is 1. The summed E-state index contributed by atoms with van der Waals surface area (Å²) in [6.45, 7) is 0.128. The zero-order valence-corrected chi connectivity index (χ0v) is 13.1. The van der Waals surface area contributed by atoms with Gasteiger partial charge in [0, 0.05) is 19.2 Å². The van der Waals surface area contributed by atoms with Crippen LogP contribution in [0.15, 0.2) is 42.5 Å². The van der Waals surface area contributed by atoms with Gasteiger partial charge < -0.3 is 9.80 Å². The third-order valence-electron chi connectivity index (χ3n) is 3.98. The van der Waals surface area contributed by atoms with Crippen LogP contribution in [-0.4, -0.2) is 36.3 Å². The predicted octanol–water partition coefficient (Wildman–Crippen LogP) is 2.33. The fourth-order valence-corrected chi connectivity index (χ4v) is 2.74. The molecule has 5 nitrogen and oxygen atoms in total. The quantitative estimate of drug-likeness (QED) is 0.842. The Balaban J connectivity index is 1.79. The zero-order chi connectivity index (χ0) is 18.0. The van der Waals surface area contributed by atoms with E-state index in [1.807, 2.05) is 6.07 Å². The third-order valence-corrected chi connectivity index (χ3v) is 3.98. The largest absolute Gasteiger partial charge is 0.327 e. The van der Waals surface area contributed by atoms with Crippen LogP contribution in [-0.2, 0) is 4.79 Å². The molecular formula is C18H13F2N3O2. The Morgan fingerprint density at radius 3 is 2.56 bits per heavy atom. The summed E-state index contributed by atoms with van der Waals surface area (Å²) in [5.74, 6) is -2.78. The molecule has 2 aromatic carbocycles. The topological polar surface area (TPSA) is 64.4 Å². The summed E-state index contributed by atoms with van der Waals surface area (Å²) in [5, 5.41) is 9.15. The number of piperazine rings is 1. The highest BCUT2D eigenvalue weighted by molar-refractivity contribution is 6.02. The lowest BCUT2D eigenvalue weighted by Gasteiger charge is -2.34. The molecule has 0 unspecified atom stereocenters. The number of amides is 2. The van der Waals surface area contributed by atoms with Crippen molar-refractivity contribution in [2.75, 3.05) is 24.5 Å². The molecule has 0 atom stereocenters. The average Bonchev–Trinajstić information content (AvgIpc) is 2.61. The van der Waals surface area contributed by atoms with Gasteiger partial charge in [-0.25, -0.2) is 8.78 Å². The van der Waals surface area contributed by atoms with Crippen LogP contribution in [0.25, 0.3) is 0 Å².